The predicted molar refractivity (Wildman–Crippen MR) is 108 cm³/mol. The Morgan fingerprint density at radius 1 is 1.23 bits per heavy atom. The Kier molecular flexibility index (Phi) is 5.37. The second-order valence-corrected chi connectivity index (χ2v) is 12.5. The fourth-order valence-corrected chi connectivity index (χ4v) is 7.95. The lowest BCUT2D eigenvalue weighted by molar-refractivity contribution is -0.139. The molecule has 2 amide bonds. The van der Waals surface area contributed by atoms with E-state index in [1.807, 2.05) is 32.6 Å². The Hall–Kier alpha value is -0.430. The lowest BCUT2D eigenvalue weighted by atomic mass is 9.84. The number of likely N-dealkylation sites (tertiary alicyclic amines) is 1. The number of nitrogens with zero attached hydrogens (tertiary/aromatic N) is 2. The van der Waals surface area contributed by atoms with E-state index >= 15 is 0 Å². The van der Waals surface area contributed by atoms with Gasteiger partial charge < -0.3 is 4.90 Å². The molecule has 2 saturated heterocycles. The van der Waals surface area contributed by atoms with Gasteiger partial charge in [-0.05, 0) is 44.4 Å². The zero-order valence-corrected chi connectivity index (χ0v) is 18.7. The van der Waals surface area contributed by atoms with Crippen molar-refractivity contribution in [2.24, 2.45) is 27.0 Å². The van der Waals surface area contributed by atoms with Gasteiger partial charge in [0, 0.05) is 34.8 Å². The Labute approximate surface area is 166 Å². The van der Waals surface area contributed by atoms with E-state index in [1.165, 1.54) is 0 Å². The molecule has 3 fully saturated rings. The quantitative estimate of drug-likeness (QED) is 0.620. The summed E-state index contributed by atoms with van der Waals surface area (Å²) >= 11 is 3.56. The van der Waals surface area contributed by atoms with Crippen LogP contribution in [0.1, 0.15) is 53.4 Å². The van der Waals surface area contributed by atoms with Gasteiger partial charge >= 0.3 is 0 Å². The van der Waals surface area contributed by atoms with Gasteiger partial charge in [0.05, 0.1) is 15.1 Å². The number of fused-ring (bicyclic) bond motifs is 2. The first kappa shape index (κ1) is 20.3. The summed E-state index contributed by atoms with van der Waals surface area (Å²) in [7, 11) is -2.50. The molecule has 2 aliphatic heterocycles. The van der Waals surface area contributed by atoms with Crippen molar-refractivity contribution < 1.29 is 13.8 Å². The monoisotopic (exact) mass is 446 g/mol. The Balaban J connectivity index is 1.74. The highest BCUT2D eigenvalue weighted by Gasteiger charge is 2.57. The first-order valence-corrected chi connectivity index (χ1v) is 12.5. The van der Waals surface area contributed by atoms with E-state index in [-0.39, 0.29) is 33.9 Å². The zero-order valence-electron chi connectivity index (χ0n) is 16.3. The van der Waals surface area contributed by atoms with Crippen molar-refractivity contribution in [2.75, 3.05) is 24.6 Å². The van der Waals surface area contributed by atoms with Crippen molar-refractivity contribution in [3.8, 4) is 0 Å². The third-order valence-corrected chi connectivity index (χ3v) is 10.7. The average molecular weight is 447 g/mol. The van der Waals surface area contributed by atoms with Crippen LogP contribution in [-0.2, 0) is 19.3 Å². The zero-order chi connectivity index (χ0) is 19.3. The summed E-state index contributed by atoms with van der Waals surface area (Å²) in [5.74, 6) is 1.32. The molecule has 0 aromatic heterocycles. The van der Waals surface area contributed by atoms with Crippen molar-refractivity contribution in [3.05, 3.63) is 0 Å². The van der Waals surface area contributed by atoms with E-state index in [2.05, 4.69) is 20.3 Å². The van der Waals surface area contributed by atoms with Crippen LogP contribution in [0.3, 0.4) is 0 Å². The maximum atomic E-state index is 13.3. The van der Waals surface area contributed by atoms with Crippen molar-refractivity contribution in [1.82, 2.24) is 4.90 Å². The highest BCUT2D eigenvalue weighted by atomic mass is 79.9. The van der Waals surface area contributed by atoms with Crippen LogP contribution < -0.4 is 0 Å². The van der Waals surface area contributed by atoms with E-state index in [1.54, 1.807) is 0 Å². The van der Waals surface area contributed by atoms with Crippen LogP contribution in [-0.4, -0.2) is 50.3 Å². The summed E-state index contributed by atoms with van der Waals surface area (Å²) in [6, 6.07) is 0. The molecule has 4 unspecified atom stereocenters. The Bertz CT molecular complexity index is 706. The number of rotatable bonds is 4. The maximum absolute atomic E-state index is 13.3. The van der Waals surface area contributed by atoms with Crippen LogP contribution in [0.2, 0.25) is 0 Å². The summed E-state index contributed by atoms with van der Waals surface area (Å²) in [5, 5.41) is 0. The van der Waals surface area contributed by atoms with Crippen molar-refractivity contribution in [2.45, 2.75) is 58.2 Å². The first-order chi connectivity index (χ1) is 12.0. The second kappa shape index (κ2) is 6.87. The van der Waals surface area contributed by atoms with Gasteiger partial charge in [-0.15, -0.1) is 0 Å². The molecular weight excluding hydrogens is 416 g/mol. The first-order valence-electron chi connectivity index (χ1n) is 9.75. The molecule has 0 radical (unpaired) electrons. The Morgan fingerprint density at radius 3 is 2.15 bits per heavy atom. The number of carbonyl (C=O) groups is 2. The molecule has 7 heteroatoms. The summed E-state index contributed by atoms with van der Waals surface area (Å²) in [6.45, 7) is 9.22. The topological polar surface area (TPSA) is 66.8 Å². The van der Waals surface area contributed by atoms with Crippen LogP contribution in [0.5, 0.6) is 0 Å². The number of hydrogen-bond acceptors (Lipinski definition) is 3. The van der Waals surface area contributed by atoms with Gasteiger partial charge in [0.1, 0.15) is 0 Å². The van der Waals surface area contributed by atoms with Crippen molar-refractivity contribution in [3.63, 3.8) is 0 Å². The molecule has 5 nitrogen and oxygen atoms in total. The summed E-state index contributed by atoms with van der Waals surface area (Å²) in [5.41, 5.74) is -0.776. The Morgan fingerprint density at radius 2 is 1.73 bits per heavy atom. The molecule has 2 heterocycles. The summed E-state index contributed by atoms with van der Waals surface area (Å²) in [6.07, 6.45) is 3.31. The van der Waals surface area contributed by atoms with Gasteiger partial charge in [0.15, 0.2) is 0 Å². The minimum atomic E-state index is -2.50. The SMILES string of the molecule is CCC(C)(CC)C(=O)N=S1(=O)CC2CC(CN(C(=O)C3(C)CC3Br)C2)C1. The minimum Gasteiger partial charge on any atom is -0.342 e. The molecule has 2 bridgehead atoms. The van der Waals surface area contributed by atoms with E-state index in [0.29, 0.717) is 37.4 Å². The van der Waals surface area contributed by atoms with E-state index < -0.39 is 15.1 Å². The highest BCUT2D eigenvalue weighted by molar-refractivity contribution is 9.09. The average Bonchev–Trinajstić information content (AvgIpc) is 3.19. The molecule has 1 aliphatic carbocycles. The molecule has 0 spiro atoms. The fourth-order valence-electron chi connectivity index (χ4n) is 4.31. The van der Waals surface area contributed by atoms with Gasteiger partial charge in [-0.25, -0.2) is 4.21 Å². The molecule has 4 atom stereocenters. The van der Waals surface area contributed by atoms with Gasteiger partial charge in [0.25, 0.3) is 5.91 Å². The van der Waals surface area contributed by atoms with Gasteiger partial charge in [-0.1, -0.05) is 36.7 Å². The number of alkyl halides is 1. The summed E-state index contributed by atoms with van der Waals surface area (Å²) < 4.78 is 17.6. The predicted octanol–water partition coefficient (Wildman–Crippen LogP) is 3.46. The number of hydrogen-bond donors (Lipinski definition) is 0. The van der Waals surface area contributed by atoms with Crippen LogP contribution >= 0.6 is 15.9 Å². The fraction of sp³-hybridized carbons (Fsp3) is 0.895. The van der Waals surface area contributed by atoms with Gasteiger partial charge in [0.2, 0.25) is 5.91 Å². The highest BCUT2D eigenvalue weighted by Crippen LogP contribution is 2.53. The molecule has 0 aromatic carbocycles. The molecule has 0 aromatic rings. The molecule has 1 saturated carbocycles. The van der Waals surface area contributed by atoms with E-state index in [9.17, 15) is 13.8 Å². The van der Waals surface area contributed by atoms with Crippen molar-refractivity contribution >= 4 is 37.5 Å². The number of piperidine rings is 1. The normalized spacial score (nSPS) is 39.4. The third kappa shape index (κ3) is 3.62. The van der Waals surface area contributed by atoms with Crippen molar-refractivity contribution in [1.29, 1.82) is 0 Å². The van der Waals surface area contributed by atoms with E-state index in [4.69, 9.17) is 0 Å². The minimum absolute atomic E-state index is 0.195. The molecule has 0 N–H and O–H groups in total. The lowest BCUT2D eigenvalue weighted by Gasteiger charge is -2.43. The van der Waals surface area contributed by atoms with Gasteiger partial charge in [-0.3, -0.25) is 9.59 Å². The van der Waals surface area contributed by atoms with E-state index in [0.717, 1.165) is 12.8 Å². The lowest BCUT2D eigenvalue weighted by Crippen LogP contribution is -2.52. The number of halogens is 1. The van der Waals surface area contributed by atoms with Crippen LogP contribution in [0.15, 0.2) is 4.36 Å². The van der Waals surface area contributed by atoms with Crippen LogP contribution in [0.4, 0.5) is 0 Å². The summed E-state index contributed by atoms with van der Waals surface area (Å²) in [4.78, 5) is 27.7. The van der Waals surface area contributed by atoms with Crippen LogP contribution in [0.25, 0.3) is 0 Å². The second-order valence-electron chi connectivity index (χ2n) is 9.04. The molecule has 3 rings (SSSR count). The molecular formula is C19H31BrN2O3S. The largest absolute Gasteiger partial charge is 0.342 e. The molecule has 3 aliphatic rings. The van der Waals surface area contributed by atoms with Crippen LogP contribution in [0, 0.1) is 22.7 Å². The third-order valence-electron chi connectivity index (χ3n) is 6.85. The molecule has 26 heavy (non-hydrogen) atoms. The van der Waals surface area contributed by atoms with Gasteiger partial charge in [-0.2, -0.15) is 4.36 Å². The smallest absolute Gasteiger partial charge is 0.259 e. The number of amides is 2. The maximum Gasteiger partial charge on any atom is 0.259 e. The standard InChI is InChI=1S/C19H31BrN2O3S/c1-5-18(3,6-2)16(23)21-26(25)11-13-7-14(12-26)10-22(9-13)17(24)19(4)8-15(19)20/h13-15H,5-12H2,1-4H3. The number of carbonyl (C=O) groups excluding carboxylic acids is 2. The molecule has 148 valence electrons.